The van der Waals surface area contributed by atoms with Gasteiger partial charge in [-0.05, 0) is 18.2 Å². The van der Waals surface area contributed by atoms with E-state index in [2.05, 4.69) is 4.98 Å². The minimum absolute atomic E-state index is 0.160. The number of amides is 1. The minimum atomic E-state index is -5.36. The number of alkyl halides is 6. The number of aromatic nitrogens is 1. The van der Waals surface area contributed by atoms with E-state index < -0.39 is 38.4 Å². The van der Waals surface area contributed by atoms with E-state index in [4.69, 9.17) is 4.74 Å². The van der Waals surface area contributed by atoms with Gasteiger partial charge in [-0.15, -0.1) is 11.3 Å². The molecule has 3 rings (SSSR count). The van der Waals surface area contributed by atoms with Crippen LogP contribution in [0.3, 0.4) is 0 Å². The van der Waals surface area contributed by atoms with Crippen molar-refractivity contribution < 1.29 is 44.3 Å². The molecule has 0 saturated carbocycles. The molecule has 2 heterocycles. The van der Waals surface area contributed by atoms with Crippen LogP contribution in [0.2, 0.25) is 0 Å². The number of nitrogens with one attached hydrogen (secondary N) is 1. The third-order valence-corrected chi connectivity index (χ3v) is 6.70. The number of halogens is 6. The number of carbonyl (C=O) groups is 1. The van der Waals surface area contributed by atoms with Crippen LogP contribution < -0.4 is 4.72 Å². The van der Waals surface area contributed by atoms with Crippen LogP contribution in [-0.2, 0) is 38.3 Å². The Balaban J connectivity index is 1.81. The summed E-state index contributed by atoms with van der Waals surface area (Å²) in [6.45, 7) is 1.53. The van der Waals surface area contributed by atoms with E-state index in [1.165, 1.54) is 10.3 Å². The molecule has 1 aromatic carbocycles. The maximum atomic E-state index is 13.3. The Hall–Kier alpha value is -2.39. The summed E-state index contributed by atoms with van der Waals surface area (Å²) in [7, 11) is -4.93. The van der Waals surface area contributed by atoms with Crippen LogP contribution >= 0.6 is 11.3 Å². The molecule has 32 heavy (non-hydrogen) atoms. The van der Waals surface area contributed by atoms with Crippen molar-refractivity contribution in [2.75, 3.05) is 31.0 Å². The molecule has 1 amide bonds. The summed E-state index contributed by atoms with van der Waals surface area (Å²) in [5.41, 5.74) is -3.41. The molecule has 1 saturated heterocycles. The maximum absolute atomic E-state index is 13.3. The third-order valence-electron chi connectivity index (χ3n) is 4.37. The zero-order valence-corrected chi connectivity index (χ0v) is 17.6. The summed E-state index contributed by atoms with van der Waals surface area (Å²) in [4.78, 5) is 16.3. The highest BCUT2D eigenvalue weighted by Gasteiger charge is 2.41. The van der Waals surface area contributed by atoms with E-state index in [9.17, 15) is 39.6 Å². The molecule has 1 fully saturated rings. The number of thiazole rings is 1. The van der Waals surface area contributed by atoms with Crippen molar-refractivity contribution in [3.8, 4) is 0 Å². The standard InChI is InChI=1S/C17H15F6N3O4S2/c18-16(19,20)10-1-2-13(12(7-10)17(21,22)23)32(28,29)25-15-24-11(9-31-15)8-14(27)26-3-5-30-6-4-26/h1-2,7,9H,3-6,8H2,(H,24,25). The van der Waals surface area contributed by atoms with Gasteiger partial charge in [-0.3, -0.25) is 9.52 Å². The fourth-order valence-electron chi connectivity index (χ4n) is 2.85. The van der Waals surface area contributed by atoms with Gasteiger partial charge in [0.15, 0.2) is 5.13 Å². The fraction of sp³-hybridized carbons (Fsp3) is 0.412. The summed E-state index contributed by atoms with van der Waals surface area (Å²) >= 11 is 0.722. The van der Waals surface area contributed by atoms with Gasteiger partial charge in [0.25, 0.3) is 10.0 Å². The summed E-state index contributed by atoms with van der Waals surface area (Å²) < 4.78 is 110. The lowest BCUT2D eigenvalue weighted by Crippen LogP contribution is -2.41. The van der Waals surface area contributed by atoms with Crippen molar-refractivity contribution in [1.29, 1.82) is 0 Å². The first kappa shape index (κ1) is 24.3. The first-order valence-corrected chi connectivity index (χ1v) is 11.2. The zero-order chi connectivity index (χ0) is 23.7. The lowest BCUT2D eigenvalue weighted by molar-refractivity contribution is -0.144. The van der Waals surface area contributed by atoms with Crippen LogP contribution in [0.5, 0.6) is 0 Å². The summed E-state index contributed by atoms with van der Waals surface area (Å²) in [6, 6.07) is 0.228. The predicted octanol–water partition coefficient (Wildman–Crippen LogP) is 3.38. The Morgan fingerprint density at radius 1 is 1.12 bits per heavy atom. The largest absolute Gasteiger partial charge is 0.417 e. The third kappa shape index (κ3) is 5.69. The highest BCUT2D eigenvalue weighted by atomic mass is 32.2. The molecule has 0 spiro atoms. The number of hydrogen-bond acceptors (Lipinski definition) is 6. The van der Waals surface area contributed by atoms with Gasteiger partial charge in [0.2, 0.25) is 5.91 Å². The molecule has 2 aromatic rings. The molecule has 0 atom stereocenters. The number of anilines is 1. The molecule has 176 valence electrons. The number of rotatable bonds is 5. The normalized spacial score (nSPS) is 15.6. The maximum Gasteiger partial charge on any atom is 0.417 e. The number of ether oxygens (including phenoxy) is 1. The number of hydrogen-bond donors (Lipinski definition) is 1. The molecule has 0 unspecified atom stereocenters. The van der Waals surface area contributed by atoms with E-state index >= 15 is 0 Å². The quantitative estimate of drug-likeness (QED) is 0.633. The van der Waals surface area contributed by atoms with Gasteiger partial charge in [-0.1, -0.05) is 0 Å². The van der Waals surface area contributed by atoms with Gasteiger partial charge in [0.05, 0.1) is 41.4 Å². The Labute approximate surface area is 182 Å². The second kappa shape index (κ2) is 8.86. The van der Waals surface area contributed by atoms with E-state index in [0.717, 1.165) is 11.3 Å². The highest BCUT2D eigenvalue weighted by Crippen LogP contribution is 2.39. The van der Waals surface area contributed by atoms with Gasteiger partial charge in [0.1, 0.15) is 0 Å². The van der Waals surface area contributed by atoms with Gasteiger partial charge in [-0.25, -0.2) is 13.4 Å². The van der Waals surface area contributed by atoms with Crippen molar-refractivity contribution >= 4 is 32.4 Å². The molecular formula is C17H15F6N3O4S2. The fourth-order valence-corrected chi connectivity index (χ4v) is 5.02. The second-order valence-electron chi connectivity index (χ2n) is 6.63. The molecule has 1 aromatic heterocycles. The van der Waals surface area contributed by atoms with Crippen molar-refractivity contribution in [3.05, 3.63) is 40.4 Å². The van der Waals surface area contributed by atoms with E-state index in [1.807, 2.05) is 4.72 Å². The smallest absolute Gasteiger partial charge is 0.378 e. The average molecular weight is 503 g/mol. The molecule has 0 radical (unpaired) electrons. The molecule has 7 nitrogen and oxygen atoms in total. The first-order valence-electron chi connectivity index (χ1n) is 8.88. The van der Waals surface area contributed by atoms with Gasteiger partial charge in [0, 0.05) is 18.5 Å². The van der Waals surface area contributed by atoms with Crippen molar-refractivity contribution in [1.82, 2.24) is 9.88 Å². The zero-order valence-electron chi connectivity index (χ0n) is 16.0. The van der Waals surface area contributed by atoms with Crippen LogP contribution in [0.25, 0.3) is 0 Å². The second-order valence-corrected chi connectivity index (χ2v) is 9.13. The lowest BCUT2D eigenvalue weighted by Gasteiger charge is -2.26. The Morgan fingerprint density at radius 3 is 2.38 bits per heavy atom. The van der Waals surface area contributed by atoms with Gasteiger partial charge in [-0.2, -0.15) is 26.3 Å². The lowest BCUT2D eigenvalue weighted by atomic mass is 10.1. The molecule has 1 aliphatic rings. The van der Waals surface area contributed by atoms with Crippen LogP contribution in [-0.4, -0.2) is 50.5 Å². The number of benzene rings is 1. The van der Waals surface area contributed by atoms with E-state index in [-0.39, 0.29) is 41.4 Å². The minimum Gasteiger partial charge on any atom is -0.378 e. The number of sulfonamides is 1. The molecule has 15 heteroatoms. The van der Waals surface area contributed by atoms with Crippen LogP contribution in [0.4, 0.5) is 31.5 Å². The van der Waals surface area contributed by atoms with E-state index in [1.54, 1.807) is 0 Å². The number of morpholine rings is 1. The number of nitrogens with zero attached hydrogens (tertiary/aromatic N) is 2. The average Bonchev–Trinajstić information content (AvgIpc) is 3.12. The number of carbonyl (C=O) groups excluding carboxylic acids is 1. The van der Waals surface area contributed by atoms with Crippen molar-refractivity contribution in [3.63, 3.8) is 0 Å². The first-order chi connectivity index (χ1) is 14.8. The van der Waals surface area contributed by atoms with Crippen LogP contribution in [0, 0.1) is 0 Å². The van der Waals surface area contributed by atoms with Gasteiger partial charge < -0.3 is 9.64 Å². The van der Waals surface area contributed by atoms with E-state index in [0.29, 0.717) is 26.3 Å². The summed E-state index contributed by atoms with van der Waals surface area (Å²) in [5, 5.41) is 1.02. The highest BCUT2D eigenvalue weighted by molar-refractivity contribution is 7.93. The SMILES string of the molecule is O=C(Cc1csc(NS(=O)(=O)c2ccc(C(F)(F)F)cc2C(F)(F)F)n1)N1CCOCC1. The Morgan fingerprint density at radius 2 is 1.78 bits per heavy atom. The molecular weight excluding hydrogens is 488 g/mol. The van der Waals surface area contributed by atoms with Crippen molar-refractivity contribution in [2.24, 2.45) is 0 Å². The molecule has 1 aliphatic heterocycles. The molecule has 0 aliphatic carbocycles. The Bertz CT molecular complexity index is 1090. The van der Waals surface area contributed by atoms with Crippen LogP contribution in [0.1, 0.15) is 16.8 Å². The molecule has 0 bridgehead atoms. The van der Waals surface area contributed by atoms with Crippen molar-refractivity contribution in [2.45, 2.75) is 23.7 Å². The van der Waals surface area contributed by atoms with Crippen LogP contribution in [0.15, 0.2) is 28.5 Å². The topological polar surface area (TPSA) is 88.6 Å². The predicted molar refractivity (Wildman–Crippen MR) is 100 cm³/mol. The summed E-state index contributed by atoms with van der Waals surface area (Å²) in [5.74, 6) is -0.282. The summed E-state index contributed by atoms with van der Waals surface area (Å²) in [6.07, 6.45) is -10.6. The monoisotopic (exact) mass is 503 g/mol. The van der Waals surface area contributed by atoms with Gasteiger partial charge >= 0.3 is 12.4 Å². The Kier molecular flexibility index (Phi) is 6.72. The molecule has 1 N–H and O–H groups in total.